The molecule has 0 radical (unpaired) electrons. The highest BCUT2D eigenvalue weighted by Gasteiger charge is 2.15. The Morgan fingerprint density at radius 1 is 0.944 bits per heavy atom. The zero-order chi connectivity index (χ0) is 12.5. The third-order valence-corrected chi connectivity index (χ3v) is 2.98. The molecule has 2 heteroatoms. The van der Waals surface area contributed by atoms with E-state index in [4.69, 9.17) is 0 Å². The van der Waals surface area contributed by atoms with E-state index in [0.717, 1.165) is 16.3 Å². The number of rotatable bonds is 1. The van der Waals surface area contributed by atoms with E-state index in [0.29, 0.717) is 10.9 Å². The van der Waals surface area contributed by atoms with Gasteiger partial charge in [0, 0.05) is 11.1 Å². The molecule has 0 saturated heterocycles. The highest BCUT2D eigenvalue weighted by atomic mass is 16.1. The maximum atomic E-state index is 12.0. The van der Waals surface area contributed by atoms with E-state index in [2.05, 4.69) is 11.6 Å². The molecule has 2 nitrogen and oxygen atoms in total. The summed E-state index contributed by atoms with van der Waals surface area (Å²) in [7, 11) is 0. The van der Waals surface area contributed by atoms with Crippen molar-refractivity contribution in [2.24, 2.45) is 4.99 Å². The first-order valence-corrected chi connectivity index (χ1v) is 5.74. The number of nitrogens with zero attached hydrogens (tertiary/aromatic N) is 1. The first-order valence-electron chi connectivity index (χ1n) is 5.74. The van der Waals surface area contributed by atoms with Crippen LogP contribution in [0.2, 0.25) is 0 Å². The zero-order valence-corrected chi connectivity index (χ0v) is 9.76. The van der Waals surface area contributed by atoms with E-state index >= 15 is 0 Å². The van der Waals surface area contributed by atoms with Crippen molar-refractivity contribution in [1.82, 2.24) is 0 Å². The Hall–Kier alpha value is -2.48. The molecule has 1 amide bonds. The molecule has 2 aromatic carbocycles. The van der Waals surface area contributed by atoms with Gasteiger partial charge in [0.15, 0.2) is 0 Å². The number of hydrogen-bond acceptors (Lipinski definition) is 1. The Morgan fingerprint density at radius 3 is 2.50 bits per heavy atom. The van der Waals surface area contributed by atoms with Gasteiger partial charge in [-0.15, -0.1) is 0 Å². The van der Waals surface area contributed by atoms with Gasteiger partial charge in [-0.3, -0.25) is 4.79 Å². The second-order valence-electron chi connectivity index (χ2n) is 4.20. The van der Waals surface area contributed by atoms with Gasteiger partial charge in [-0.1, -0.05) is 55.1 Å². The Bertz CT molecular complexity index is 757. The van der Waals surface area contributed by atoms with Crippen LogP contribution in [0, 0.1) is 0 Å². The lowest BCUT2D eigenvalue weighted by Crippen LogP contribution is -2.29. The van der Waals surface area contributed by atoms with Crippen LogP contribution in [0.25, 0.3) is 18.2 Å². The largest absolute Gasteiger partial charge is 0.278 e. The fourth-order valence-corrected chi connectivity index (χ4v) is 2.07. The summed E-state index contributed by atoms with van der Waals surface area (Å²) < 4.78 is 0. The van der Waals surface area contributed by atoms with Gasteiger partial charge in [-0.25, -0.2) is 4.99 Å². The maximum Gasteiger partial charge on any atom is 0.278 e. The molecule has 86 valence electrons. The van der Waals surface area contributed by atoms with E-state index in [1.807, 2.05) is 54.6 Å². The Kier molecular flexibility index (Phi) is 2.41. The maximum absolute atomic E-state index is 12.0. The third-order valence-electron chi connectivity index (χ3n) is 2.98. The van der Waals surface area contributed by atoms with Gasteiger partial charge in [0.25, 0.3) is 5.91 Å². The van der Waals surface area contributed by atoms with Crippen molar-refractivity contribution in [3.8, 4) is 0 Å². The minimum atomic E-state index is -0.204. The van der Waals surface area contributed by atoms with Gasteiger partial charge in [0.2, 0.25) is 0 Å². The predicted octanol–water partition coefficient (Wildman–Crippen LogP) is 1.80. The van der Waals surface area contributed by atoms with Crippen molar-refractivity contribution in [3.05, 3.63) is 70.2 Å². The third kappa shape index (κ3) is 1.68. The first kappa shape index (κ1) is 10.7. The minimum absolute atomic E-state index is 0.204. The van der Waals surface area contributed by atoms with Crippen molar-refractivity contribution >= 4 is 24.1 Å². The Balaban J connectivity index is 2.24. The molecule has 0 spiro atoms. The predicted molar refractivity (Wildman–Crippen MR) is 72.1 cm³/mol. The molecular weight excluding hydrogens is 222 g/mol. The van der Waals surface area contributed by atoms with Gasteiger partial charge >= 0.3 is 0 Å². The van der Waals surface area contributed by atoms with E-state index in [1.54, 1.807) is 0 Å². The summed E-state index contributed by atoms with van der Waals surface area (Å²) in [6, 6.07) is 15.3. The monoisotopic (exact) mass is 233 g/mol. The molecule has 2 aromatic rings. The number of amides is 1. The molecule has 0 N–H and O–H groups in total. The normalized spacial score (nSPS) is 13.6. The number of carbonyl (C=O) groups is 1. The van der Waals surface area contributed by atoms with Crippen molar-refractivity contribution in [1.29, 1.82) is 0 Å². The molecule has 0 aromatic heterocycles. The second-order valence-corrected chi connectivity index (χ2v) is 4.20. The van der Waals surface area contributed by atoms with Gasteiger partial charge in [-0.05, 0) is 16.9 Å². The standard InChI is InChI=1S/C16H11NO/c1-11-6-5-9-13-10-14(16(18)17-15(11)13)12-7-3-2-4-8-12/h2-10H,1H2. The van der Waals surface area contributed by atoms with E-state index in [-0.39, 0.29) is 5.91 Å². The topological polar surface area (TPSA) is 29.4 Å². The quantitative estimate of drug-likeness (QED) is 0.738. The van der Waals surface area contributed by atoms with Crippen LogP contribution in [0.15, 0.2) is 53.5 Å². The van der Waals surface area contributed by atoms with Crippen LogP contribution in [-0.2, 0) is 4.79 Å². The molecule has 0 saturated carbocycles. The molecular formula is C16H11NO. The number of fused-ring (bicyclic) bond motifs is 1. The molecule has 0 atom stereocenters. The summed E-state index contributed by atoms with van der Waals surface area (Å²) in [4.78, 5) is 16.2. The Morgan fingerprint density at radius 2 is 1.72 bits per heavy atom. The fourth-order valence-electron chi connectivity index (χ4n) is 2.07. The Labute approximate surface area is 105 Å². The van der Waals surface area contributed by atoms with Crippen molar-refractivity contribution in [3.63, 3.8) is 0 Å². The van der Waals surface area contributed by atoms with Gasteiger partial charge in [0.1, 0.15) is 0 Å². The smallest absolute Gasteiger partial charge is 0.267 e. The summed E-state index contributed by atoms with van der Waals surface area (Å²) in [5.41, 5.74) is 2.47. The fraction of sp³-hybridized carbons (Fsp3) is 0. The van der Waals surface area contributed by atoms with Crippen molar-refractivity contribution < 1.29 is 4.79 Å². The number of hydrogen-bond donors (Lipinski definition) is 0. The number of benzene rings is 2. The van der Waals surface area contributed by atoms with Crippen LogP contribution in [-0.4, -0.2) is 5.91 Å². The molecule has 1 aliphatic rings. The molecule has 1 heterocycles. The minimum Gasteiger partial charge on any atom is -0.267 e. The van der Waals surface area contributed by atoms with E-state index in [1.165, 1.54) is 0 Å². The molecule has 0 bridgehead atoms. The highest BCUT2D eigenvalue weighted by molar-refractivity contribution is 6.25. The summed E-state index contributed by atoms with van der Waals surface area (Å²) in [5.74, 6) is -0.204. The van der Waals surface area contributed by atoms with Gasteiger partial charge in [-0.2, -0.15) is 0 Å². The van der Waals surface area contributed by atoms with Crippen molar-refractivity contribution in [2.75, 3.05) is 0 Å². The highest BCUT2D eigenvalue weighted by Crippen LogP contribution is 2.20. The number of carbonyl (C=O) groups excluding carboxylic acids is 1. The molecule has 18 heavy (non-hydrogen) atoms. The van der Waals surface area contributed by atoms with Gasteiger partial charge < -0.3 is 0 Å². The van der Waals surface area contributed by atoms with Crippen LogP contribution in [0.3, 0.4) is 0 Å². The van der Waals surface area contributed by atoms with Crippen LogP contribution in [0.4, 0.5) is 0 Å². The van der Waals surface area contributed by atoms with Crippen molar-refractivity contribution in [2.45, 2.75) is 0 Å². The summed E-state index contributed by atoms with van der Waals surface area (Å²) >= 11 is 0. The van der Waals surface area contributed by atoms with E-state index in [9.17, 15) is 4.79 Å². The van der Waals surface area contributed by atoms with Gasteiger partial charge in [0.05, 0.1) is 5.36 Å². The lowest BCUT2D eigenvalue weighted by molar-refractivity contribution is -0.112. The summed E-state index contributed by atoms with van der Waals surface area (Å²) in [6.07, 6.45) is 1.88. The average molecular weight is 233 g/mol. The second kappa shape index (κ2) is 4.08. The zero-order valence-electron chi connectivity index (χ0n) is 9.76. The molecule has 0 aliphatic carbocycles. The van der Waals surface area contributed by atoms with Crippen LogP contribution >= 0.6 is 0 Å². The lowest BCUT2D eigenvalue weighted by atomic mass is 9.99. The molecule has 0 fully saturated rings. The molecule has 1 aliphatic heterocycles. The first-order chi connectivity index (χ1) is 8.75. The van der Waals surface area contributed by atoms with Crippen LogP contribution in [0.1, 0.15) is 11.1 Å². The molecule has 0 unspecified atom stereocenters. The SMILES string of the molecule is C=c1cccc2c1=NC(=O)C(c1ccccc1)=C2. The van der Waals surface area contributed by atoms with E-state index < -0.39 is 0 Å². The number of para-hydroxylation sites is 1. The van der Waals surface area contributed by atoms with Crippen LogP contribution in [0.5, 0.6) is 0 Å². The average Bonchev–Trinajstić information content (AvgIpc) is 2.40. The lowest BCUT2D eigenvalue weighted by Gasteiger charge is -2.09. The summed E-state index contributed by atoms with van der Waals surface area (Å²) in [6.45, 7) is 3.89. The van der Waals surface area contributed by atoms with Crippen LogP contribution < -0.4 is 10.6 Å². The summed E-state index contributed by atoms with van der Waals surface area (Å²) in [5, 5.41) is 1.46. The molecule has 3 rings (SSSR count).